The summed E-state index contributed by atoms with van der Waals surface area (Å²) in [5.41, 5.74) is 3.57. The van der Waals surface area contributed by atoms with Gasteiger partial charge in [0.2, 0.25) is 0 Å². The predicted molar refractivity (Wildman–Crippen MR) is 119 cm³/mol. The fourth-order valence-electron chi connectivity index (χ4n) is 5.27. The van der Waals surface area contributed by atoms with Crippen LogP contribution in [-0.2, 0) is 25.2 Å². The van der Waals surface area contributed by atoms with Gasteiger partial charge in [0, 0.05) is 20.4 Å². The Morgan fingerprint density at radius 1 is 0.593 bits per heavy atom. The number of hydrogen-bond acceptors (Lipinski definition) is 1. The van der Waals surface area contributed by atoms with Crippen LogP contribution in [0.3, 0.4) is 0 Å². The quantitative estimate of drug-likeness (QED) is 0.155. The molecular weight excluding hydrogens is 442 g/mol. The van der Waals surface area contributed by atoms with Gasteiger partial charge in [0.15, 0.2) is 0 Å². The van der Waals surface area contributed by atoms with E-state index in [1.165, 1.54) is 36.2 Å². The van der Waals surface area contributed by atoms with E-state index in [1.807, 2.05) is 0 Å². The zero-order chi connectivity index (χ0) is 18.5. The van der Waals surface area contributed by atoms with Gasteiger partial charge in [0.1, 0.15) is 0 Å². The van der Waals surface area contributed by atoms with E-state index in [1.54, 1.807) is 89.2 Å². The van der Waals surface area contributed by atoms with Crippen LogP contribution >= 0.6 is 7.92 Å². The van der Waals surface area contributed by atoms with Crippen molar-refractivity contribution >= 4 is 7.92 Å². The van der Waals surface area contributed by atoms with Gasteiger partial charge in [-0.25, -0.2) is 0 Å². The van der Waals surface area contributed by atoms with Gasteiger partial charge in [-0.15, -0.1) is 13.2 Å². The average molecular weight is 485 g/mol. The van der Waals surface area contributed by atoms with E-state index >= 15 is 0 Å². The van der Waals surface area contributed by atoms with E-state index in [-0.39, 0.29) is 20.4 Å². The van der Waals surface area contributed by atoms with Gasteiger partial charge in [-0.2, -0.15) is 0 Å². The summed E-state index contributed by atoms with van der Waals surface area (Å²) >= 11 is 0. The van der Waals surface area contributed by atoms with Gasteiger partial charge >= 0.3 is 0 Å². The van der Waals surface area contributed by atoms with Crippen molar-refractivity contribution in [3.8, 4) is 0 Å². The summed E-state index contributed by atoms with van der Waals surface area (Å²) in [6.07, 6.45) is 27.0. The first kappa shape index (κ1) is 25.6. The maximum absolute atomic E-state index is 4.90. The number of hydrogen-bond donors (Lipinski definition) is 0. The van der Waals surface area contributed by atoms with Gasteiger partial charge in [-0.3, -0.25) is 0 Å². The van der Waals surface area contributed by atoms with Gasteiger partial charge in [0.25, 0.3) is 0 Å². The first-order valence-corrected chi connectivity index (χ1v) is 13.0. The van der Waals surface area contributed by atoms with Crippen LogP contribution in [0.5, 0.6) is 0 Å². The van der Waals surface area contributed by atoms with E-state index in [0.29, 0.717) is 21.1 Å². The molecule has 0 N–H and O–H groups in total. The zero-order valence-corrected chi connectivity index (χ0v) is 19.9. The molecule has 0 heterocycles. The van der Waals surface area contributed by atoms with Crippen LogP contribution in [0.15, 0.2) is 25.3 Å². The number of ether oxygens (including phenoxy) is 1. The third kappa shape index (κ3) is 9.72. The van der Waals surface area contributed by atoms with Gasteiger partial charge in [-0.05, 0) is 55.5 Å². The summed E-state index contributed by atoms with van der Waals surface area (Å²) in [5.74, 6) is 0. The molecule has 3 rings (SSSR count). The second-order valence-electron chi connectivity index (χ2n) is 8.44. The van der Waals surface area contributed by atoms with Gasteiger partial charge < -0.3 is 4.74 Å². The summed E-state index contributed by atoms with van der Waals surface area (Å²) in [6, 6.07) is 0. The average Bonchev–Trinajstić information content (AvgIpc) is 2.72. The first-order chi connectivity index (χ1) is 12.9. The van der Waals surface area contributed by atoms with Crippen molar-refractivity contribution < 1.29 is 25.2 Å². The molecule has 0 aromatic rings. The minimum absolute atomic E-state index is 0. The summed E-state index contributed by atoms with van der Waals surface area (Å²) in [6.45, 7) is 8.18. The summed E-state index contributed by atoms with van der Waals surface area (Å²) in [7, 11) is 0.385. The third-order valence-corrected chi connectivity index (χ3v) is 10.5. The van der Waals surface area contributed by atoms with Crippen LogP contribution < -0.4 is 0 Å². The molecule has 3 fully saturated rings. The summed E-state index contributed by atoms with van der Waals surface area (Å²) < 4.78 is 4.90. The van der Waals surface area contributed by atoms with Crippen LogP contribution in [0, 0.1) is 0 Å². The van der Waals surface area contributed by atoms with Gasteiger partial charge in [-0.1, -0.05) is 77.9 Å². The van der Waals surface area contributed by atoms with Crippen molar-refractivity contribution in [1.82, 2.24) is 0 Å². The Bertz CT molecular complexity index is 318. The monoisotopic (exact) mass is 484 g/mol. The molecule has 3 saturated carbocycles. The first-order valence-electron chi connectivity index (χ1n) is 11.4. The molecule has 0 bridgehead atoms. The molecule has 1 nitrogen and oxygen atoms in total. The smallest absolute Gasteiger partial charge is 0.0649 e. The van der Waals surface area contributed by atoms with E-state index in [9.17, 15) is 0 Å². The van der Waals surface area contributed by atoms with Crippen LogP contribution in [0.1, 0.15) is 96.3 Å². The topological polar surface area (TPSA) is 9.23 Å². The van der Waals surface area contributed by atoms with Gasteiger partial charge in [0.05, 0.1) is 13.2 Å². The molecule has 0 spiro atoms. The van der Waals surface area contributed by atoms with Crippen molar-refractivity contribution in [2.24, 2.45) is 0 Å². The molecule has 0 aliphatic heterocycles. The molecule has 27 heavy (non-hydrogen) atoms. The van der Waals surface area contributed by atoms with E-state index in [0.717, 1.165) is 0 Å². The van der Waals surface area contributed by atoms with Crippen molar-refractivity contribution in [2.45, 2.75) is 113 Å². The van der Waals surface area contributed by atoms with E-state index in [4.69, 9.17) is 4.74 Å². The van der Waals surface area contributed by atoms with Crippen molar-refractivity contribution in [3.63, 3.8) is 0 Å². The molecule has 0 aromatic carbocycles. The molecule has 3 heteroatoms. The molecule has 0 unspecified atom stereocenters. The van der Waals surface area contributed by atoms with E-state index in [2.05, 4.69) is 13.2 Å². The second-order valence-corrected chi connectivity index (χ2v) is 11.5. The molecule has 0 radical (unpaired) electrons. The van der Waals surface area contributed by atoms with Crippen LogP contribution in [0.25, 0.3) is 0 Å². The minimum Gasteiger partial charge on any atom is -0.373 e. The Labute approximate surface area is 184 Å². The Morgan fingerprint density at radius 3 is 1.15 bits per heavy atom. The Balaban J connectivity index is 0.000000395. The maximum Gasteiger partial charge on any atom is 0.0649 e. The molecule has 0 atom stereocenters. The normalized spacial score (nSPS) is 22.4. The molecule has 160 valence electrons. The summed E-state index contributed by atoms with van der Waals surface area (Å²) in [4.78, 5) is 0. The standard InChI is InChI=1S/C18H33P.C6H10O.Pd/c1-4-10-16(11-5-1)19(17-12-6-2-7-13-17)18-14-8-3-9-15-18;1-3-5-7-6-4-2;/h16-18H,1-15H2;3-4H,1-2,5-6H2;. The molecular formula is C24H43OPPd. The Kier molecular flexibility index (Phi) is 15.5. The van der Waals surface area contributed by atoms with Crippen LogP contribution in [0.2, 0.25) is 0 Å². The fraction of sp³-hybridized carbons (Fsp3) is 0.833. The SMILES string of the molecule is C1CCC(P(C2CCCCC2)C2CCCCC2)CC1.C=CCOCC=C.[Pd]. The van der Waals surface area contributed by atoms with Crippen molar-refractivity contribution in [1.29, 1.82) is 0 Å². The molecule has 3 aliphatic carbocycles. The zero-order valence-electron chi connectivity index (χ0n) is 17.5. The summed E-state index contributed by atoms with van der Waals surface area (Å²) in [5, 5.41) is 0. The van der Waals surface area contributed by atoms with Crippen LogP contribution in [-0.4, -0.2) is 30.2 Å². The Morgan fingerprint density at radius 2 is 0.889 bits per heavy atom. The third-order valence-electron chi connectivity index (χ3n) is 6.46. The fourth-order valence-corrected chi connectivity index (χ4v) is 9.94. The molecule has 0 amide bonds. The van der Waals surface area contributed by atoms with Crippen molar-refractivity contribution in [3.05, 3.63) is 25.3 Å². The van der Waals surface area contributed by atoms with Crippen LogP contribution in [0.4, 0.5) is 0 Å². The van der Waals surface area contributed by atoms with E-state index < -0.39 is 0 Å². The Hall–Kier alpha value is 0.532. The maximum atomic E-state index is 4.90. The predicted octanol–water partition coefficient (Wildman–Crippen LogP) is 7.84. The number of rotatable bonds is 7. The largest absolute Gasteiger partial charge is 0.373 e. The molecule has 0 saturated heterocycles. The minimum atomic E-state index is 0. The van der Waals surface area contributed by atoms with Crippen molar-refractivity contribution in [2.75, 3.05) is 13.2 Å². The molecule has 3 aliphatic rings. The molecule has 0 aromatic heterocycles. The second kappa shape index (κ2) is 16.3.